The maximum atomic E-state index is 11.8. The highest BCUT2D eigenvalue weighted by atomic mass is 32.1. The molecule has 2 aliphatic rings. The SMILES string of the molecule is FC(F)(F)c1ccccc1.Nc1nc2ccc(C(=S)N3CCOCC3)cc2c2c1COC2. The highest BCUT2D eigenvalue weighted by Gasteiger charge is 2.29. The molecule has 0 amide bonds. The number of fused-ring (bicyclic) bond motifs is 3. The fourth-order valence-electron chi connectivity index (χ4n) is 3.68. The van der Waals surface area contributed by atoms with Gasteiger partial charge in [0.1, 0.15) is 10.8 Å². The Hall–Kier alpha value is -2.75. The number of alkyl halides is 3. The largest absolute Gasteiger partial charge is 0.416 e. The van der Waals surface area contributed by atoms with Gasteiger partial charge in [-0.3, -0.25) is 0 Å². The van der Waals surface area contributed by atoms with E-state index in [1.165, 1.54) is 12.1 Å². The number of aromatic nitrogens is 1. The van der Waals surface area contributed by atoms with Crippen LogP contribution in [-0.2, 0) is 28.9 Å². The van der Waals surface area contributed by atoms with Crippen LogP contribution in [0.3, 0.4) is 0 Å². The first-order valence-electron chi connectivity index (χ1n) is 10.1. The Morgan fingerprint density at radius 2 is 1.66 bits per heavy atom. The zero-order chi connectivity index (χ0) is 22.7. The van der Waals surface area contributed by atoms with Crippen LogP contribution >= 0.6 is 12.2 Å². The number of nitrogens with two attached hydrogens (primary N) is 1. The van der Waals surface area contributed by atoms with Gasteiger partial charge in [-0.15, -0.1) is 0 Å². The van der Waals surface area contributed by atoms with Gasteiger partial charge < -0.3 is 20.1 Å². The minimum atomic E-state index is -4.21. The lowest BCUT2D eigenvalue weighted by atomic mass is 10.0. The van der Waals surface area contributed by atoms with E-state index in [1.807, 2.05) is 12.1 Å². The lowest BCUT2D eigenvalue weighted by Crippen LogP contribution is -2.40. The Labute approximate surface area is 188 Å². The van der Waals surface area contributed by atoms with Gasteiger partial charge in [0.2, 0.25) is 0 Å². The number of hydrogen-bond acceptors (Lipinski definition) is 5. The summed E-state index contributed by atoms with van der Waals surface area (Å²) in [7, 11) is 0. The quantitative estimate of drug-likeness (QED) is 0.536. The molecule has 5 rings (SSSR count). The summed E-state index contributed by atoms with van der Waals surface area (Å²) in [6.07, 6.45) is -4.21. The molecule has 1 saturated heterocycles. The molecule has 0 unspecified atom stereocenters. The summed E-state index contributed by atoms with van der Waals surface area (Å²) >= 11 is 5.65. The number of benzene rings is 2. The standard InChI is InChI=1S/C16H17N3O2S.C7H5F3/c17-15-13-9-21-8-12(13)11-7-10(1-2-14(11)18-15)16(22)19-3-5-20-6-4-19;8-7(9,10)6-4-2-1-3-5-6/h1-2,7H,3-6,8-9H2,(H2,17,18);1-5H. The van der Waals surface area contributed by atoms with Gasteiger partial charge in [0.15, 0.2) is 0 Å². The molecule has 1 aromatic heterocycles. The third kappa shape index (κ3) is 4.85. The molecule has 1 fully saturated rings. The molecule has 2 aliphatic heterocycles. The lowest BCUT2D eigenvalue weighted by molar-refractivity contribution is -0.137. The van der Waals surface area contributed by atoms with Gasteiger partial charge in [0.05, 0.1) is 37.5 Å². The first kappa shape index (κ1) is 22.4. The zero-order valence-corrected chi connectivity index (χ0v) is 18.0. The van der Waals surface area contributed by atoms with Crippen LogP contribution in [0.1, 0.15) is 22.3 Å². The van der Waals surface area contributed by atoms with Crippen molar-refractivity contribution in [1.82, 2.24) is 9.88 Å². The van der Waals surface area contributed by atoms with Crippen molar-refractivity contribution in [2.24, 2.45) is 0 Å². The van der Waals surface area contributed by atoms with Gasteiger partial charge in [-0.2, -0.15) is 13.2 Å². The molecule has 3 heterocycles. The Balaban J connectivity index is 0.000000207. The average Bonchev–Trinajstić information content (AvgIpc) is 3.31. The van der Waals surface area contributed by atoms with Crippen molar-refractivity contribution in [1.29, 1.82) is 0 Å². The minimum Gasteiger partial charge on any atom is -0.383 e. The highest BCUT2D eigenvalue weighted by Crippen LogP contribution is 2.32. The second kappa shape index (κ2) is 9.40. The van der Waals surface area contributed by atoms with Crippen LogP contribution in [0.2, 0.25) is 0 Å². The molecule has 0 spiro atoms. The smallest absolute Gasteiger partial charge is 0.383 e. The molecule has 0 aliphatic carbocycles. The van der Waals surface area contributed by atoms with Gasteiger partial charge >= 0.3 is 6.18 Å². The molecule has 0 bridgehead atoms. The summed E-state index contributed by atoms with van der Waals surface area (Å²) in [5, 5.41) is 1.09. The Morgan fingerprint density at radius 1 is 0.969 bits per heavy atom. The fraction of sp³-hybridized carbons (Fsp3) is 0.304. The van der Waals surface area contributed by atoms with Crippen LogP contribution in [-0.4, -0.2) is 41.2 Å². The number of anilines is 1. The molecule has 32 heavy (non-hydrogen) atoms. The van der Waals surface area contributed by atoms with Crippen LogP contribution in [0.25, 0.3) is 10.9 Å². The Morgan fingerprint density at radius 3 is 2.31 bits per heavy atom. The maximum Gasteiger partial charge on any atom is 0.416 e. The predicted molar refractivity (Wildman–Crippen MR) is 120 cm³/mol. The zero-order valence-electron chi connectivity index (χ0n) is 17.2. The van der Waals surface area contributed by atoms with E-state index in [9.17, 15) is 13.2 Å². The molecule has 0 atom stereocenters. The number of rotatable bonds is 1. The number of nitrogen functional groups attached to an aromatic ring is 1. The van der Waals surface area contributed by atoms with Gasteiger partial charge in [-0.25, -0.2) is 4.98 Å². The summed E-state index contributed by atoms with van der Waals surface area (Å²) in [5.41, 5.74) is 9.52. The predicted octanol–water partition coefficient (Wildman–Crippen LogP) is 4.56. The summed E-state index contributed by atoms with van der Waals surface area (Å²) in [6, 6.07) is 12.5. The van der Waals surface area contributed by atoms with E-state index in [-0.39, 0.29) is 0 Å². The van der Waals surface area contributed by atoms with Gasteiger partial charge in [-0.05, 0) is 23.8 Å². The number of hydrogen-bond donors (Lipinski definition) is 1. The van der Waals surface area contributed by atoms with Gasteiger partial charge in [0, 0.05) is 29.6 Å². The Kier molecular flexibility index (Phi) is 6.59. The van der Waals surface area contributed by atoms with E-state index in [0.29, 0.717) is 19.0 Å². The monoisotopic (exact) mass is 461 g/mol. The Bertz CT molecular complexity index is 1120. The van der Waals surface area contributed by atoms with Gasteiger partial charge in [-0.1, -0.05) is 42.5 Å². The van der Waals surface area contributed by atoms with Crippen molar-refractivity contribution in [3.05, 3.63) is 70.8 Å². The van der Waals surface area contributed by atoms with Crippen LogP contribution in [0.5, 0.6) is 0 Å². The number of nitrogens with zero attached hydrogens (tertiary/aromatic N) is 2. The van der Waals surface area contributed by atoms with Crippen LogP contribution in [0.4, 0.5) is 19.0 Å². The molecule has 0 saturated carbocycles. The van der Waals surface area contributed by atoms with Crippen LogP contribution in [0.15, 0.2) is 48.5 Å². The summed E-state index contributed by atoms with van der Waals surface area (Å²) in [4.78, 5) is 7.55. The molecule has 168 valence electrons. The molecule has 2 N–H and O–H groups in total. The van der Waals surface area contributed by atoms with E-state index >= 15 is 0 Å². The molecular weight excluding hydrogens is 439 g/mol. The van der Waals surface area contributed by atoms with E-state index in [4.69, 9.17) is 27.4 Å². The van der Waals surface area contributed by atoms with Crippen molar-refractivity contribution < 1.29 is 22.6 Å². The van der Waals surface area contributed by atoms with Crippen LogP contribution < -0.4 is 5.73 Å². The van der Waals surface area contributed by atoms with E-state index in [2.05, 4.69) is 16.0 Å². The number of halogens is 3. The van der Waals surface area contributed by atoms with Crippen molar-refractivity contribution in [3.8, 4) is 0 Å². The van der Waals surface area contributed by atoms with E-state index in [0.717, 1.165) is 71.0 Å². The summed E-state index contributed by atoms with van der Waals surface area (Å²) < 4.78 is 46.3. The van der Waals surface area contributed by atoms with Crippen LogP contribution in [0, 0.1) is 0 Å². The van der Waals surface area contributed by atoms with E-state index < -0.39 is 11.7 Å². The third-order valence-corrected chi connectivity index (χ3v) is 5.87. The second-order valence-corrected chi connectivity index (χ2v) is 7.83. The first-order chi connectivity index (χ1) is 15.3. The third-order valence-electron chi connectivity index (χ3n) is 5.38. The van der Waals surface area contributed by atoms with E-state index in [1.54, 1.807) is 6.07 Å². The highest BCUT2D eigenvalue weighted by molar-refractivity contribution is 7.80. The fourth-order valence-corrected chi connectivity index (χ4v) is 3.99. The second-order valence-electron chi connectivity index (χ2n) is 7.45. The molecule has 9 heteroatoms. The van der Waals surface area contributed by atoms with Crippen molar-refractivity contribution in [3.63, 3.8) is 0 Å². The molecule has 3 aromatic rings. The van der Waals surface area contributed by atoms with Gasteiger partial charge in [0.25, 0.3) is 0 Å². The number of morpholine rings is 1. The molecule has 0 radical (unpaired) electrons. The minimum absolute atomic E-state index is 0.544. The number of ether oxygens (including phenoxy) is 2. The molecule has 5 nitrogen and oxygen atoms in total. The van der Waals surface area contributed by atoms with Crippen molar-refractivity contribution in [2.75, 3.05) is 32.0 Å². The summed E-state index contributed by atoms with van der Waals surface area (Å²) in [6.45, 7) is 4.29. The topological polar surface area (TPSA) is 60.6 Å². The van der Waals surface area contributed by atoms with Crippen molar-refractivity contribution >= 4 is 33.9 Å². The maximum absolute atomic E-state index is 11.8. The summed E-state index contributed by atoms with van der Waals surface area (Å²) in [5.74, 6) is 0.573. The normalized spacial score (nSPS) is 15.8. The lowest BCUT2D eigenvalue weighted by Gasteiger charge is -2.29. The number of thiocarbonyl (C=S) groups is 1. The van der Waals surface area contributed by atoms with Crippen molar-refractivity contribution in [2.45, 2.75) is 19.4 Å². The molecule has 2 aromatic carbocycles. The first-order valence-corrected chi connectivity index (χ1v) is 10.5. The molecular formula is C23H22F3N3O2S. The average molecular weight is 462 g/mol. The number of pyridine rings is 1.